The average molecular weight is 315 g/mol. The lowest BCUT2D eigenvalue weighted by Crippen LogP contribution is -2.43. The zero-order valence-corrected chi connectivity index (χ0v) is 12.7. The number of nitrogens with zero attached hydrogens (tertiary/aromatic N) is 1. The molecule has 0 saturated carbocycles. The van der Waals surface area contributed by atoms with Crippen molar-refractivity contribution in [1.29, 1.82) is 0 Å². The second-order valence-electron chi connectivity index (χ2n) is 5.15. The molecule has 0 N–H and O–H groups in total. The quantitative estimate of drug-likeness (QED) is 0.829. The minimum absolute atomic E-state index is 0.0610. The van der Waals surface area contributed by atoms with E-state index in [4.69, 9.17) is 4.74 Å². The summed E-state index contributed by atoms with van der Waals surface area (Å²) in [6.07, 6.45) is 2.20. The van der Waals surface area contributed by atoms with Gasteiger partial charge < -0.3 is 9.64 Å². The van der Waals surface area contributed by atoms with E-state index in [1.54, 1.807) is 4.90 Å². The van der Waals surface area contributed by atoms with Crippen LogP contribution in [0, 0.1) is 0 Å². The molecular weight excluding hydrogens is 298 g/mol. The monoisotopic (exact) mass is 315 g/mol. The molecule has 3 heterocycles. The minimum Gasteiger partial charge on any atom is -0.373 e. The molecule has 2 aliphatic heterocycles. The zero-order valence-electron chi connectivity index (χ0n) is 11.1. The van der Waals surface area contributed by atoms with Gasteiger partial charge in [0.15, 0.2) is 9.84 Å². The van der Waals surface area contributed by atoms with Gasteiger partial charge in [0, 0.05) is 24.6 Å². The summed E-state index contributed by atoms with van der Waals surface area (Å²) in [7, 11) is -2.95. The summed E-state index contributed by atoms with van der Waals surface area (Å²) in [4.78, 5) is 15.7. The molecule has 0 unspecified atom stereocenters. The Labute approximate surface area is 122 Å². The lowest BCUT2D eigenvalue weighted by Gasteiger charge is -2.26. The van der Waals surface area contributed by atoms with E-state index in [0.29, 0.717) is 18.0 Å². The number of amides is 1. The van der Waals surface area contributed by atoms with Crippen LogP contribution in [0.2, 0.25) is 0 Å². The second-order valence-corrected chi connectivity index (χ2v) is 8.57. The summed E-state index contributed by atoms with van der Waals surface area (Å²) in [6, 6.07) is 3.78. The Kier molecular flexibility index (Phi) is 3.83. The molecule has 7 heteroatoms. The molecule has 1 atom stereocenters. The molecule has 1 amide bonds. The van der Waals surface area contributed by atoms with E-state index >= 15 is 0 Å². The predicted octanol–water partition coefficient (Wildman–Crippen LogP) is 1.47. The van der Waals surface area contributed by atoms with Crippen LogP contribution < -0.4 is 0 Å². The first-order valence-corrected chi connectivity index (χ1v) is 9.40. The molecule has 0 radical (unpaired) electrons. The number of ether oxygens (including phenoxy) is 1. The number of carbonyl (C=O) groups excluding carboxylic acids is 1. The Morgan fingerprint density at radius 1 is 1.30 bits per heavy atom. The van der Waals surface area contributed by atoms with Gasteiger partial charge in [-0.3, -0.25) is 4.79 Å². The number of rotatable bonds is 2. The van der Waals surface area contributed by atoms with E-state index in [2.05, 4.69) is 0 Å². The Morgan fingerprint density at radius 3 is 2.70 bits per heavy atom. The van der Waals surface area contributed by atoms with Crippen LogP contribution in [0.4, 0.5) is 0 Å². The van der Waals surface area contributed by atoms with Crippen molar-refractivity contribution < 1.29 is 17.9 Å². The second kappa shape index (κ2) is 5.46. The number of hydrogen-bond acceptors (Lipinski definition) is 5. The van der Waals surface area contributed by atoms with Crippen molar-refractivity contribution in [2.24, 2.45) is 0 Å². The lowest BCUT2D eigenvalue weighted by atomic mass is 10.2. The fraction of sp³-hybridized carbons (Fsp3) is 0.615. The van der Waals surface area contributed by atoms with Crippen molar-refractivity contribution in [2.75, 3.05) is 31.2 Å². The SMILES string of the molecule is O=C(c1ccc([C@@H]2CCCO2)s1)N1CCS(=O)(=O)CC1. The highest BCUT2D eigenvalue weighted by Crippen LogP contribution is 2.33. The number of sulfone groups is 1. The maximum atomic E-state index is 12.3. The van der Waals surface area contributed by atoms with Gasteiger partial charge in [-0.25, -0.2) is 8.42 Å². The summed E-state index contributed by atoms with van der Waals surface area (Å²) in [5.74, 6) is 0.0833. The lowest BCUT2D eigenvalue weighted by molar-refractivity contribution is 0.0775. The smallest absolute Gasteiger partial charge is 0.263 e. The van der Waals surface area contributed by atoms with Gasteiger partial charge in [-0.2, -0.15) is 0 Å². The Balaban J connectivity index is 1.68. The maximum Gasteiger partial charge on any atom is 0.263 e. The van der Waals surface area contributed by atoms with E-state index in [9.17, 15) is 13.2 Å². The largest absolute Gasteiger partial charge is 0.373 e. The fourth-order valence-electron chi connectivity index (χ4n) is 2.51. The Hall–Kier alpha value is -0.920. The molecule has 2 fully saturated rings. The summed E-state index contributed by atoms with van der Waals surface area (Å²) in [6.45, 7) is 1.39. The van der Waals surface area contributed by atoms with Gasteiger partial charge in [-0.05, 0) is 25.0 Å². The molecule has 110 valence electrons. The normalized spacial score (nSPS) is 25.8. The molecule has 1 aromatic rings. The first-order chi connectivity index (χ1) is 9.55. The third-order valence-corrected chi connectivity index (χ3v) is 6.49. The summed E-state index contributed by atoms with van der Waals surface area (Å²) >= 11 is 1.47. The van der Waals surface area contributed by atoms with Crippen molar-refractivity contribution in [2.45, 2.75) is 18.9 Å². The van der Waals surface area contributed by atoms with Crippen LogP contribution in [0.15, 0.2) is 12.1 Å². The first kappa shape index (κ1) is 14.0. The van der Waals surface area contributed by atoms with Gasteiger partial charge in [0.2, 0.25) is 0 Å². The molecule has 20 heavy (non-hydrogen) atoms. The maximum absolute atomic E-state index is 12.3. The fourth-order valence-corrected chi connectivity index (χ4v) is 4.78. The minimum atomic E-state index is -2.95. The van der Waals surface area contributed by atoms with Crippen LogP contribution in [0.5, 0.6) is 0 Å². The van der Waals surface area contributed by atoms with Crippen LogP contribution in [0.25, 0.3) is 0 Å². The number of hydrogen-bond donors (Lipinski definition) is 0. The van der Waals surface area contributed by atoms with E-state index in [1.807, 2.05) is 12.1 Å². The van der Waals surface area contributed by atoms with Crippen molar-refractivity contribution >= 4 is 27.1 Å². The standard InChI is InChI=1S/C13H17NO4S2/c15-13(14-5-8-20(16,17)9-6-14)12-4-3-11(19-12)10-2-1-7-18-10/h3-4,10H,1-2,5-9H2/t10-/m0/s1. The van der Waals surface area contributed by atoms with E-state index in [0.717, 1.165) is 24.3 Å². The molecule has 5 nitrogen and oxygen atoms in total. The Bertz CT molecular complexity index is 588. The number of thiophene rings is 1. The Morgan fingerprint density at radius 2 is 2.05 bits per heavy atom. The molecule has 0 bridgehead atoms. The molecule has 0 spiro atoms. The topological polar surface area (TPSA) is 63.7 Å². The zero-order chi connectivity index (χ0) is 14.2. The third-order valence-electron chi connectivity index (χ3n) is 3.72. The highest BCUT2D eigenvalue weighted by molar-refractivity contribution is 7.91. The van der Waals surface area contributed by atoms with Crippen molar-refractivity contribution in [3.63, 3.8) is 0 Å². The van der Waals surface area contributed by atoms with E-state index in [-0.39, 0.29) is 23.5 Å². The van der Waals surface area contributed by atoms with Crippen LogP contribution in [-0.2, 0) is 14.6 Å². The molecule has 1 aromatic heterocycles. The third kappa shape index (κ3) is 2.89. The predicted molar refractivity (Wildman–Crippen MR) is 76.8 cm³/mol. The molecule has 2 saturated heterocycles. The highest BCUT2D eigenvalue weighted by atomic mass is 32.2. The van der Waals surface area contributed by atoms with Gasteiger partial charge in [0.25, 0.3) is 5.91 Å². The first-order valence-electron chi connectivity index (χ1n) is 6.76. The average Bonchev–Trinajstić information content (AvgIpc) is 3.09. The highest BCUT2D eigenvalue weighted by Gasteiger charge is 2.27. The summed E-state index contributed by atoms with van der Waals surface area (Å²) in [5.41, 5.74) is 0. The molecule has 0 aromatic carbocycles. The molecular formula is C13H17NO4S2. The van der Waals surface area contributed by atoms with Gasteiger partial charge in [-0.1, -0.05) is 0 Å². The van der Waals surface area contributed by atoms with Gasteiger partial charge in [0.1, 0.15) is 0 Å². The molecule has 0 aliphatic carbocycles. The summed E-state index contributed by atoms with van der Waals surface area (Å²) in [5, 5.41) is 0. The molecule has 3 rings (SSSR count). The van der Waals surface area contributed by atoms with Gasteiger partial charge >= 0.3 is 0 Å². The van der Waals surface area contributed by atoms with Crippen LogP contribution in [-0.4, -0.2) is 50.4 Å². The van der Waals surface area contributed by atoms with E-state index < -0.39 is 9.84 Å². The summed E-state index contributed by atoms with van der Waals surface area (Å²) < 4.78 is 28.4. The number of carbonyl (C=O) groups is 1. The van der Waals surface area contributed by atoms with E-state index in [1.165, 1.54) is 11.3 Å². The van der Waals surface area contributed by atoms with Crippen LogP contribution in [0.3, 0.4) is 0 Å². The van der Waals surface area contributed by atoms with Gasteiger partial charge in [0.05, 0.1) is 22.5 Å². The van der Waals surface area contributed by atoms with Crippen molar-refractivity contribution in [1.82, 2.24) is 4.90 Å². The van der Waals surface area contributed by atoms with Crippen molar-refractivity contribution in [3.8, 4) is 0 Å². The van der Waals surface area contributed by atoms with Crippen molar-refractivity contribution in [3.05, 3.63) is 21.9 Å². The van der Waals surface area contributed by atoms with Gasteiger partial charge in [-0.15, -0.1) is 11.3 Å². The van der Waals surface area contributed by atoms with Crippen LogP contribution in [0.1, 0.15) is 33.5 Å². The van der Waals surface area contributed by atoms with Crippen LogP contribution >= 0.6 is 11.3 Å². The molecule has 2 aliphatic rings.